The van der Waals surface area contributed by atoms with Crippen LogP contribution in [0.15, 0.2) is 24.3 Å². The molecule has 0 heterocycles. The van der Waals surface area contributed by atoms with E-state index >= 15 is 0 Å². The zero-order valence-electron chi connectivity index (χ0n) is 14.3. The molecular formula is C17H23N3O4. The highest BCUT2D eigenvalue weighted by molar-refractivity contribution is 6.03. The van der Waals surface area contributed by atoms with Crippen LogP contribution < -0.4 is 10.6 Å². The number of benzene rings is 1. The number of hydrogen-bond acceptors (Lipinski definition) is 4. The average Bonchev–Trinajstić information content (AvgIpc) is 3.03. The smallest absolute Gasteiger partial charge is 0.307 e. The molecule has 130 valence electrons. The zero-order chi connectivity index (χ0) is 18.1. The van der Waals surface area contributed by atoms with Crippen molar-refractivity contribution in [1.82, 2.24) is 4.90 Å². The highest BCUT2D eigenvalue weighted by Gasteiger charge is 2.65. The molecule has 2 amide bonds. The van der Waals surface area contributed by atoms with Gasteiger partial charge >= 0.3 is 5.97 Å². The molecule has 1 aromatic carbocycles. The molecule has 7 nitrogen and oxygen atoms in total. The van der Waals surface area contributed by atoms with Gasteiger partial charge in [-0.1, -0.05) is 26.0 Å². The summed E-state index contributed by atoms with van der Waals surface area (Å²) in [5, 5.41) is 14.7. The van der Waals surface area contributed by atoms with E-state index in [1.54, 1.807) is 57.1 Å². The van der Waals surface area contributed by atoms with Gasteiger partial charge in [-0.25, -0.2) is 0 Å². The minimum atomic E-state index is -0.965. The molecule has 0 aliphatic heterocycles. The van der Waals surface area contributed by atoms with Crippen molar-refractivity contribution < 1.29 is 19.5 Å². The monoisotopic (exact) mass is 333 g/mol. The summed E-state index contributed by atoms with van der Waals surface area (Å²) in [4.78, 5) is 37.3. The number of carboxylic acids is 1. The third-order valence-corrected chi connectivity index (χ3v) is 4.29. The highest BCUT2D eigenvalue weighted by atomic mass is 16.4. The topological polar surface area (TPSA) is 98.7 Å². The Labute approximate surface area is 141 Å². The molecule has 2 rings (SSSR count). The number of para-hydroxylation sites is 2. The van der Waals surface area contributed by atoms with Crippen LogP contribution in [0.2, 0.25) is 0 Å². The molecule has 3 N–H and O–H groups in total. The lowest BCUT2D eigenvalue weighted by atomic mass is 10.1. The first kappa shape index (κ1) is 17.9. The van der Waals surface area contributed by atoms with Crippen LogP contribution in [0, 0.1) is 17.3 Å². The minimum absolute atomic E-state index is 0.197. The Balaban J connectivity index is 2.09. The van der Waals surface area contributed by atoms with E-state index in [0.717, 1.165) is 0 Å². The highest BCUT2D eigenvalue weighted by Crippen LogP contribution is 2.58. The molecule has 0 radical (unpaired) electrons. The number of carboxylic acid groups (broad SMARTS) is 1. The number of aliphatic carboxylic acids is 1. The van der Waals surface area contributed by atoms with E-state index in [9.17, 15) is 19.5 Å². The van der Waals surface area contributed by atoms with Crippen LogP contribution in [0.25, 0.3) is 0 Å². The first-order chi connectivity index (χ1) is 11.1. The third-order valence-electron chi connectivity index (χ3n) is 4.29. The first-order valence-electron chi connectivity index (χ1n) is 7.72. The van der Waals surface area contributed by atoms with E-state index < -0.39 is 23.2 Å². The van der Waals surface area contributed by atoms with Crippen LogP contribution in [0.3, 0.4) is 0 Å². The van der Waals surface area contributed by atoms with Crippen molar-refractivity contribution in [2.45, 2.75) is 13.8 Å². The van der Waals surface area contributed by atoms with Crippen molar-refractivity contribution in [1.29, 1.82) is 0 Å². The molecule has 1 fully saturated rings. The Hall–Kier alpha value is -2.41. The molecule has 0 bridgehead atoms. The quantitative estimate of drug-likeness (QED) is 0.732. The van der Waals surface area contributed by atoms with Crippen LogP contribution in [-0.2, 0) is 14.4 Å². The number of carbonyl (C=O) groups is 3. The lowest BCUT2D eigenvalue weighted by Gasteiger charge is -2.14. The lowest BCUT2D eigenvalue weighted by molar-refractivity contribution is -0.140. The summed E-state index contributed by atoms with van der Waals surface area (Å²) < 4.78 is 0. The van der Waals surface area contributed by atoms with Crippen LogP contribution >= 0.6 is 0 Å². The molecule has 2 atom stereocenters. The molecule has 0 saturated heterocycles. The number of nitrogens with zero attached hydrogens (tertiary/aromatic N) is 1. The van der Waals surface area contributed by atoms with Crippen molar-refractivity contribution in [3.8, 4) is 0 Å². The van der Waals surface area contributed by atoms with E-state index in [0.29, 0.717) is 11.4 Å². The maximum absolute atomic E-state index is 12.4. The fourth-order valence-electron chi connectivity index (χ4n) is 2.98. The predicted octanol–water partition coefficient (Wildman–Crippen LogP) is 1.48. The first-order valence-corrected chi connectivity index (χ1v) is 7.72. The van der Waals surface area contributed by atoms with Crippen LogP contribution in [0.5, 0.6) is 0 Å². The second-order valence-electron chi connectivity index (χ2n) is 6.94. The van der Waals surface area contributed by atoms with E-state index in [1.165, 1.54) is 0 Å². The Morgan fingerprint density at radius 3 is 2.08 bits per heavy atom. The standard InChI is InChI=1S/C17H23N3O4/c1-17(2)13(14(17)16(23)24)15(22)19-11-8-6-5-7-10(11)18-12(21)9-20(3)4/h5-8,13-14H,9H2,1-4H3,(H,18,21)(H,19,22)(H,23,24)/t13-,14+/m0/s1. The molecule has 1 saturated carbocycles. The van der Waals surface area contributed by atoms with E-state index in [-0.39, 0.29) is 18.4 Å². The maximum Gasteiger partial charge on any atom is 0.307 e. The third kappa shape index (κ3) is 3.73. The van der Waals surface area contributed by atoms with Gasteiger partial charge in [-0.3, -0.25) is 14.4 Å². The van der Waals surface area contributed by atoms with Crippen LogP contribution in [0.4, 0.5) is 11.4 Å². The number of nitrogens with one attached hydrogen (secondary N) is 2. The summed E-state index contributed by atoms with van der Waals surface area (Å²) in [5.74, 6) is -2.78. The number of amides is 2. The second kappa shape index (κ2) is 6.60. The molecule has 1 aliphatic rings. The van der Waals surface area contributed by atoms with Gasteiger partial charge in [0.05, 0.1) is 29.8 Å². The molecule has 1 aromatic rings. The summed E-state index contributed by atoms with van der Waals surface area (Å²) in [7, 11) is 3.57. The SMILES string of the molecule is CN(C)CC(=O)Nc1ccccc1NC(=O)[C@@H]1[C@H](C(=O)O)C1(C)C. The fraction of sp³-hybridized carbons (Fsp3) is 0.471. The summed E-state index contributed by atoms with van der Waals surface area (Å²) >= 11 is 0. The number of likely N-dealkylation sites (N-methyl/N-ethyl adjacent to an activating group) is 1. The molecule has 0 spiro atoms. The number of anilines is 2. The molecule has 1 aliphatic carbocycles. The molecule has 0 aromatic heterocycles. The van der Waals surface area contributed by atoms with Gasteiger partial charge in [-0.2, -0.15) is 0 Å². The Morgan fingerprint density at radius 1 is 1.08 bits per heavy atom. The lowest BCUT2D eigenvalue weighted by Crippen LogP contribution is -2.27. The number of carbonyl (C=O) groups excluding carboxylic acids is 2. The minimum Gasteiger partial charge on any atom is -0.481 e. The van der Waals surface area contributed by atoms with E-state index in [2.05, 4.69) is 10.6 Å². The summed E-state index contributed by atoms with van der Waals surface area (Å²) in [6, 6.07) is 6.86. The van der Waals surface area contributed by atoms with E-state index in [4.69, 9.17) is 0 Å². The number of hydrogen-bond donors (Lipinski definition) is 3. The van der Waals surface area contributed by atoms with Gasteiger partial charge in [0.15, 0.2) is 0 Å². The Bertz CT molecular complexity index is 670. The Kier molecular flexibility index (Phi) is 4.94. The van der Waals surface area contributed by atoms with Crippen molar-refractivity contribution in [2.75, 3.05) is 31.3 Å². The molecule has 24 heavy (non-hydrogen) atoms. The van der Waals surface area contributed by atoms with Gasteiger partial charge in [-0.05, 0) is 31.6 Å². The average molecular weight is 333 g/mol. The van der Waals surface area contributed by atoms with Gasteiger partial charge in [0.2, 0.25) is 11.8 Å². The molecule has 7 heteroatoms. The largest absolute Gasteiger partial charge is 0.481 e. The normalized spacial score (nSPS) is 21.2. The Morgan fingerprint density at radius 2 is 1.62 bits per heavy atom. The van der Waals surface area contributed by atoms with Crippen LogP contribution in [0.1, 0.15) is 13.8 Å². The van der Waals surface area contributed by atoms with Gasteiger partial charge in [-0.15, -0.1) is 0 Å². The number of rotatable bonds is 6. The van der Waals surface area contributed by atoms with Gasteiger partial charge in [0.1, 0.15) is 0 Å². The summed E-state index contributed by atoms with van der Waals surface area (Å²) in [5.41, 5.74) is 0.378. The fourth-order valence-corrected chi connectivity index (χ4v) is 2.98. The van der Waals surface area contributed by atoms with Crippen LogP contribution in [-0.4, -0.2) is 48.4 Å². The van der Waals surface area contributed by atoms with Crippen molar-refractivity contribution in [3.63, 3.8) is 0 Å². The van der Waals surface area contributed by atoms with Gasteiger partial charge < -0.3 is 20.6 Å². The maximum atomic E-state index is 12.4. The molecular weight excluding hydrogens is 310 g/mol. The second-order valence-corrected chi connectivity index (χ2v) is 6.94. The van der Waals surface area contributed by atoms with Gasteiger partial charge in [0, 0.05) is 0 Å². The molecule has 0 unspecified atom stereocenters. The van der Waals surface area contributed by atoms with Crippen molar-refractivity contribution in [3.05, 3.63) is 24.3 Å². The zero-order valence-corrected chi connectivity index (χ0v) is 14.3. The van der Waals surface area contributed by atoms with Gasteiger partial charge in [0.25, 0.3) is 0 Å². The van der Waals surface area contributed by atoms with Crippen molar-refractivity contribution >= 4 is 29.2 Å². The van der Waals surface area contributed by atoms with Crippen molar-refractivity contribution in [2.24, 2.45) is 17.3 Å². The predicted molar refractivity (Wildman–Crippen MR) is 90.7 cm³/mol. The summed E-state index contributed by atoms with van der Waals surface area (Å²) in [6.45, 7) is 3.75. The van der Waals surface area contributed by atoms with E-state index in [1.807, 2.05) is 0 Å². The summed E-state index contributed by atoms with van der Waals surface area (Å²) in [6.07, 6.45) is 0.